The van der Waals surface area contributed by atoms with Crippen molar-refractivity contribution in [1.82, 2.24) is 21.3 Å². The van der Waals surface area contributed by atoms with Crippen LogP contribution in [0.5, 0.6) is 0 Å². The lowest BCUT2D eigenvalue weighted by atomic mass is 10.1. The van der Waals surface area contributed by atoms with Gasteiger partial charge in [0.2, 0.25) is 29.9 Å². The average molecular weight is 545 g/mol. The Kier molecular flexibility index (Phi) is 14.9. The Morgan fingerprint density at radius 1 is 0.579 bits per heavy atom. The minimum Gasteiger partial charge on any atom is -0.481 e. The van der Waals surface area contributed by atoms with Crippen molar-refractivity contribution < 1.29 is 63.6 Å². The van der Waals surface area contributed by atoms with Gasteiger partial charge in [0.1, 0.15) is 24.2 Å². The first-order valence-corrected chi connectivity index (χ1v) is 11.1. The van der Waals surface area contributed by atoms with Gasteiger partial charge in [-0.1, -0.05) is 0 Å². The summed E-state index contributed by atoms with van der Waals surface area (Å²) in [5.41, 5.74) is 0. The molecule has 0 aromatic carbocycles. The van der Waals surface area contributed by atoms with Crippen molar-refractivity contribution in [2.24, 2.45) is 0 Å². The third-order valence-corrected chi connectivity index (χ3v) is 4.74. The molecule has 4 amide bonds. The van der Waals surface area contributed by atoms with Gasteiger partial charge in [-0.15, -0.1) is 0 Å². The highest BCUT2D eigenvalue weighted by molar-refractivity contribution is 5.95. The highest BCUT2D eigenvalue weighted by Gasteiger charge is 2.31. The third kappa shape index (κ3) is 14.7. The van der Waals surface area contributed by atoms with Gasteiger partial charge in [0.05, 0.1) is 6.42 Å². The van der Waals surface area contributed by atoms with Crippen LogP contribution in [0.4, 0.5) is 0 Å². The summed E-state index contributed by atoms with van der Waals surface area (Å²) >= 11 is 0. The maximum absolute atomic E-state index is 12.9. The first-order chi connectivity index (χ1) is 17.7. The molecule has 17 heteroatoms. The average Bonchev–Trinajstić information content (AvgIpc) is 2.80. The van der Waals surface area contributed by atoms with E-state index in [2.05, 4.69) is 16.0 Å². The zero-order valence-corrected chi connectivity index (χ0v) is 20.2. The maximum Gasteiger partial charge on any atom is 0.305 e. The van der Waals surface area contributed by atoms with E-state index < -0.39 is 110 Å². The number of nitrogens with one attached hydrogen (secondary N) is 4. The maximum atomic E-state index is 12.9. The Morgan fingerprint density at radius 2 is 0.921 bits per heavy atom. The number of carboxylic acids is 4. The molecular formula is C21H29N4O13. The van der Waals surface area contributed by atoms with E-state index in [1.54, 1.807) is 0 Å². The molecule has 0 spiro atoms. The Morgan fingerprint density at radius 3 is 1.21 bits per heavy atom. The fraction of sp³-hybridized carbons (Fsp3) is 0.571. The quantitative estimate of drug-likeness (QED) is 0.0810. The lowest BCUT2D eigenvalue weighted by Gasteiger charge is -2.25. The predicted octanol–water partition coefficient (Wildman–Crippen LogP) is -2.88. The fourth-order valence-corrected chi connectivity index (χ4v) is 2.97. The summed E-state index contributed by atoms with van der Waals surface area (Å²) < 4.78 is 0. The second-order valence-corrected chi connectivity index (χ2v) is 7.95. The van der Waals surface area contributed by atoms with Crippen molar-refractivity contribution in [1.29, 1.82) is 0 Å². The molecule has 38 heavy (non-hydrogen) atoms. The SMILES string of the molecule is CC(=O)N[C@@H](CCC(=O)O)C(=O)N[C@@H](CCC(=O)O)C(=O)N[C@@H](CCC(=O)O)C(=O)N[C@H]([C]=O)CC(=O)O. The van der Waals surface area contributed by atoms with E-state index in [4.69, 9.17) is 20.4 Å². The molecule has 4 atom stereocenters. The second-order valence-electron chi connectivity index (χ2n) is 7.95. The molecule has 0 saturated heterocycles. The number of carbonyl (C=O) groups excluding carboxylic acids is 5. The number of rotatable bonds is 19. The summed E-state index contributed by atoms with van der Waals surface area (Å²) in [5, 5.41) is 44.1. The second kappa shape index (κ2) is 17.0. The number of carboxylic acid groups (broad SMARTS) is 4. The van der Waals surface area contributed by atoms with Crippen LogP contribution in [0.1, 0.15) is 51.9 Å². The van der Waals surface area contributed by atoms with Crippen molar-refractivity contribution in [3.05, 3.63) is 0 Å². The molecule has 0 aliphatic heterocycles. The minimum atomic E-state index is -1.65. The predicted molar refractivity (Wildman–Crippen MR) is 122 cm³/mol. The molecule has 1 radical (unpaired) electrons. The van der Waals surface area contributed by atoms with Crippen LogP contribution in [0.25, 0.3) is 0 Å². The first-order valence-electron chi connectivity index (χ1n) is 11.1. The first kappa shape index (κ1) is 33.4. The van der Waals surface area contributed by atoms with E-state index >= 15 is 0 Å². The highest BCUT2D eigenvalue weighted by atomic mass is 16.4. The molecule has 0 heterocycles. The molecule has 0 aromatic rings. The summed E-state index contributed by atoms with van der Waals surface area (Å²) in [5.74, 6) is -9.49. The van der Waals surface area contributed by atoms with E-state index in [1.807, 2.05) is 5.32 Å². The van der Waals surface area contributed by atoms with Gasteiger partial charge in [-0.05, 0) is 19.3 Å². The van der Waals surface area contributed by atoms with E-state index in [-0.39, 0.29) is 6.42 Å². The summed E-state index contributed by atoms with van der Waals surface area (Å²) in [4.78, 5) is 104. The number of amides is 4. The molecular weight excluding hydrogens is 516 g/mol. The van der Waals surface area contributed by atoms with Crippen LogP contribution in [0, 0.1) is 0 Å². The lowest BCUT2D eigenvalue weighted by molar-refractivity contribution is -0.140. The van der Waals surface area contributed by atoms with Crippen LogP contribution >= 0.6 is 0 Å². The largest absolute Gasteiger partial charge is 0.481 e. The normalized spacial score (nSPS) is 13.5. The molecule has 17 nitrogen and oxygen atoms in total. The standard InChI is InChI=1S/C21H29N4O13/c1-10(27)22-12(2-5-15(28)29)20(37)25-14(4-7-17(32)33)21(38)24-13(3-6-16(30)31)19(36)23-11(9-26)8-18(34)35/h11-14H,2-8H2,1H3,(H,22,27)(H,23,36)(H,24,38)(H,25,37)(H,28,29)(H,30,31)(H,32,33)(H,34,35)/t11-,12-,13-,14-/m0/s1. The van der Waals surface area contributed by atoms with Crippen LogP contribution in [0.15, 0.2) is 0 Å². The topological polar surface area (TPSA) is 283 Å². The molecule has 0 aliphatic carbocycles. The van der Waals surface area contributed by atoms with Crippen LogP contribution in [0.3, 0.4) is 0 Å². The van der Waals surface area contributed by atoms with Crippen molar-refractivity contribution in [2.45, 2.75) is 76.0 Å². The summed E-state index contributed by atoms with van der Waals surface area (Å²) in [6.45, 7) is 1.05. The Balaban J connectivity index is 5.80. The third-order valence-electron chi connectivity index (χ3n) is 4.74. The molecule has 0 bridgehead atoms. The van der Waals surface area contributed by atoms with Crippen molar-refractivity contribution in [3.8, 4) is 0 Å². The van der Waals surface area contributed by atoms with Crippen LogP contribution in [-0.4, -0.2) is 98.4 Å². The van der Waals surface area contributed by atoms with Gasteiger partial charge < -0.3 is 41.7 Å². The van der Waals surface area contributed by atoms with Crippen LogP contribution < -0.4 is 21.3 Å². The zero-order valence-electron chi connectivity index (χ0n) is 20.2. The van der Waals surface area contributed by atoms with E-state index in [9.17, 15) is 43.2 Å². The molecule has 0 unspecified atom stereocenters. The van der Waals surface area contributed by atoms with Gasteiger partial charge >= 0.3 is 23.9 Å². The smallest absolute Gasteiger partial charge is 0.305 e. The molecule has 0 aromatic heterocycles. The van der Waals surface area contributed by atoms with Gasteiger partial charge in [0.15, 0.2) is 0 Å². The van der Waals surface area contributed by atoms with Gasteiger partial charge in [0, 0.05) is 26.2 Å². The zero-order chi connectivity index (χ0) is 29.4. The molecule has 211 valence electrons. The molecule has 0 fully saturated rings. The van der Waals surface area contributed by atoms with E-state index in [1.165, 1.54) is 6.29 Å². The summed E-state index contributed by atoms with van der Waals surface area (Å²) in [6.07, 6.45) is -2.83. The van der Waals surface area contributed by atoms with Gasteiger partial charge in [-0.25, -0.2) is 0 Å². The number of aliphatic carboxylic acids is 4. The van der Waals surface area contributed by atoms with Gasteiger partial charge in [-0.3, -0.25) is 43.2 Å². The van der Waals surface area contributed by atoms with Crippen LogP contribution in [0.2, 0.25) is 0 Å². The summed E-state index contributed by atoms with van der Waals surface area (Å²) in [7, 11) is 0. The highest BCUT2D eigenvalue weighted by Crippen LogP contribution is 2.06. The molecule has 8 N–H and O–H groups in total. The Bertz CT molecular complexity index is 936. The molecule has 0 rings (SSSR count). The Labute approximate surface area is 215 Å². The monoisotopic (exact) mass is 545 g/mol. The summed E-state index contributed by atoms with van der Waals surface area (Å²) in [6, 6.07) is -6.31. The van der Waals surface area contributed by atoms with Gasteiger partial charge in [0.25, 0.3) is 0 Å². The Hall–Kier alpha value is -4.57. The number of carbonyl (C=O) groups is 8. The number of hydrogen-bond donors (Lipinski definition) is 8. The van der Waals surface area contributed by atoms with E-state index in [0.29, 0.717) is 0 Å². The van der Waals surface area contributed by atoms with Crippen molar-refractivity contribution in [2.75, 3.05) is 0 Å². The van der Waals surface area contributed by atoms with Crippen molar-refractivity contribution in [3.63, 3.8) is 0 Å². The molecule has 0 aliphatic rings. The van der Waals surface area contributed by atoms with Crippen molar-refractivity contribution >= 4 is 53.8 Å². The lowest BCUT2D eigenvalue weighted by Crippen LogP contribution is -2.57. The van der Waals surface area contributed by atoms with E-state index in [0.717, 1.165) is 6.92 Å². The number of hydrogen-bond acceptors (Lipinski definition) is 9. The van der Waals surface area contributed by atoms with Gasteiger partial charge in [-0.2, -0.15) is 0 Å². The van der Waals surface area contributed by atoms with Crippen LogP contribution in [-0.2, 0) is 43.2 Å². The minimum absolute atomic E-state index is 0.370. The fourth-order valence-electron chi connectivity index (χ4n) is 2.97. The molecule has 0 saturated carbocycles.